The number of aliphatic carboxylic acids is 1. The van der Waals surface area contributed by atoms with Gasteiger partial charge >= 0.3 is 5.97 Å². The van der Waals surface area contributed by atoms with Gasteiger partial charge in [0.25, 0.3) is 0 Å². The Balaban J connectivity index is 0.00000256. The first-order valence-corrected chi connectivity index (χ1v) is 5.39. The maximum Gasteiger partial charge on any atom is 0.304 e. The fourth-order valence-corrected chi connectivity index (χ4v) is 1.40. The highest BCUT2D eigenvalue weighted by Gasteiger charge is 1.96. The van der Waals surface area contributed by atoms with Crippen molar-refractivity contribution in [2.75, 3.05) is 13.1 Å². The molecular weight excluding hydrogens is 242 g/mol. The second kappa shape index (κ2) is 8.84. The summed E-state index contributed by atoms with van der Waals surface area (Å²) in [5.74, 6) is -0.491. The molecule has 5 heteroatoms. The number of nitrogens with one attached hydrogen (secondary N) is 1. The number of halogens is 1. The van der Waals surface area contributed by atoms with Crippen LogP contribution in [0.1, 0.15) is 18.4 Å². The minimum atomic E-state index is -0.772. The Morgan fingerprint density at radius 3 is 2.41 bits per heavy atom. The van der Waals surface area contributed by atoms with Crippen LogP contribution in [0.15, 0.2) is 24.3 Å². The summed E-state index contributed by atoms with van der Waals surface area (Å²) < 4.78 is 0. The van der Waals surface area contributed by atoms with E-state index in [0.717, 1.165) is 19.4 Å². The van der Waals surface area contributed by atoms with Gasteiger partial charge in [-0.25, -0.2) is 0 Å². The van der Waals surface area contributed by atoms with Crippen LogP contribution in [0.3, 0.4) is 0 Å². The van der Waals surface area contributed by atoms with E-state index in [1.54, 1.807) is 12.1 Å². The summed E-state index contributed by atoms with van der Waals surface area (Å²) in [5, 5.41) is 20.6. The molecule has 0 saturated heterocycles. The molecule has 0 radical (unpaired) electrons. The number of aryl methyl sites for hydroxylation is 1. The van der Waals surface area contributed by atoms with Crippen LogP contribution in [0.5, 0.6) is 5.75 Å². The molecule has 0 aliphatic rings. The normalized spacial score (nSPS) is 9.65. The maximum absolute atomic E-state index is 10.2. The SMILES string of the molecule is Cl.O=C(O)CCNCCCc1ccc(O)cc1. The van der Waals surface area contributed by atoms with E-state index in [9.17, 15) is 4.79 Å². The third kappa shape index (κ3) is 7.60. The van der Waals surface area contributed by atoms with Gasteiger partial charge in [-0.1, -0.05) is 12.1 Å². The zero-order valence-corrected chi connectivity index (χ0v) is 10.4. The number of phenols is 1. The second-order valence-electron chi connectivity index (χ2n) is 3.66. The number of rotatable bonds is 7. The Kier molecular flexibility index (Phi) is 8.19. The molecule has 96 valence electrons. The molecule has 0 aliphatic carbocycles. The van der Waals surface area contributed by atoms with Crippen LogP contribution in [0, 0.1) is 0 Å². The quantitative estimate of drug-likeness (QED) is 0.653. The lowest BCUT2D eigenvalue weighted by atomic mass is 10.1. The van der Waals surface area contributed by atoms with Gasteiger partial charge in [0.2, 0.25) is 0 Å². The number of benzene rings is 1. The van der Waals surface area contributed by atoms with Crippen molar-refractivity contribution in [1.29, 1.82) is 0 Å². The average Bonchev–Trinajstić information content (AvgIpc) is 2.25. The van der Waals surface area contributed by atoms with E-state index >= 15 is 0 Å². The van der Waals surface area contributed by atoms with Gasteiger partial charge in [0, 0.05) is 6.54 Å². The third-order valence-electron chi connectivity index (χ3n) is 2.27. The van der Waals surface area contributed by atoms with Crippen LogP contribution in [-0.4, -0.2) is 29.3 Å². The lowest BCUT2D eigenvalue weighted by Crippen LogP contribution is -2.19. The van der Waals surface area contributed by atoms with Crippen molar-refractivity contribution in [3.05, 3.63) is 29.8 Å². The molecule has 4 nitrogen and oxygen atoms in total. The Morgan fingerprint density at radius 2 is 1.82 bits per heavy atom. The van der Waals surface area contributed by atoms with Gasteiger partial charge in [-0.2, -0.15) is 0 Å². The first-order chi connectivity index (χ1) is 7.68. The molecule has 0 atom stereocenters. The summed E-state index contributed by atoms with van der Waals surface area (Å²) in [6.45, 7) is 1.33. The molecule has 1 rings (SSSR count). The fraction of sp³-hybridized carbons (Fsp3) is 0.417. The van der Waals surface area contributed by atoms with Crippen molar-refractivity contribution >= 4 is 18.4 Å². The highest BCUT2D eigenvalue weighted by Crippen LogP contribution is 2.10. The van der Waals surface area contributed by atoms with Crippen LogP contribution in [0.25, 0.3) is 0 Å². The minimum Gasteiger partial charge on any atom is -0.508 e. The lowest BCUT2D eigenvalue weighted by Gasteiger charge is -2.03. The predicted octanol–water partition coefficient (Wildman–Crippen LogP) is 1.81. The van der Waals surface area contributed by atoms with Crippen LogP contribution in [0.2, 0.25) is 0 Å². The first kappa shape index (κ1) is 15.7. The molecule has 0 amide bonds. The molecule has 0 unspecified atom stereocenters. The Hall–Kier alpha value is -1.26. The van der Waals surface area contributed by atoms with Gasteiger partial charge in [0.1, 0.15) is 5.75 Å². The van der Waals surface area contributed by atoms with E-state index in [0.29, 0.717) is 6.54 Å². The number of phenolic OH excluding ortho intramolecular Hbond substituents is 1. The van der Waals surface area contributed by atoms with E-state index in [4.69, 9.17) is 10.2 Å². The molecule has 0 aromatic heterocycles. The van der Waals surface area contributed by atoms with Gasteiger partial charge in [0.05, 0.1) is 6.42 Å². The van der Waals surface area contributed by atoms with E-state index in [1.807, 2.05) is 12.1 Å². The standard InChI is InChI=1S/C12H17NO3.ClH/c14-11-5-3-10(4-6-11)2-1-8-13-9-7-12(15)16;/h3-6,13-14H,1-2,7-9H2,(H,15,16);1H. The van der Waals surface area contributed by atoms with E-state index < -0.39 is 5.97 Å². The summed E-state index contributed by atoms with van der Waals surface area (Å²) in [5.41, 5.74) is 1.18. The molecule has 1 aromatic rings. The molecular formula is C12H18ClNO3. The van der Waals surface area contributed by atoms with Crippen molar-refractivity contribution in [3.63, 3.8) is 0 Å². The smallest absolute Gasteiger partial charge is 0.304 e. The van der Waals surface area contributed by atoms with Crippen molar-refractivity contribution in [1.82, 2.24) is 5.32 Å². The highest BCUT2D eigenvalue weighted by molar-refractivity contribution is 5.85. The zero-order chi connectivity index (χ0) is 11.8. The number of carboxylic acid groups (broad SMARTS) is 1. The van der Waals surface area contributed by atoms with Gasteiger partial charge in [-0.3, -0.25) is 4.79 Å². The third-order valence-corrected chi connectivity index (χ3v) is 2.27. The average molecular weight is 260 g/mol. The highest BCUT2D eigenvalue weighted by atomic mass is 35.5. The molecule has 0 fully saturated rings. The Bertz CT molecular complexity index is 327. The van der Waals surface area contributed by atoms with Crippen LogP contribution >= 0.6 is 12.4 Å². The lowest BCUT2D eigenvalue weighted by molar-refractivity contribution is -0.136. The number of hydrogen-bond acceptors (Lipinski definition) is 3. The Labute approximate surface area is 107 Å². The van der Waals surface area contributed by atoms with Gasteiger partial charge < -0.3 is 15.5 Å². The van der Waals surface area contributed by atoms with Crippen LogP contribution in [0.4, 0.5) is 0 Å². The zero-order valence-electron chi connectivity index (χ0n) is 9.56. The van der Waals surface area contributed by atoms with Crippen molar-refractivity contribution in [3.8, 4) is 5.75 Å². The fourth-order valence-electron chi connectivity index (χ4n) is 1.40. The van der Waals surface area contributed by atoms with Crippen LogP contribution in [-0.2, 0) is 11.2 Å². The van der Waals surface area contributed by atoms with Gasteiger partial charge in [-0.05, 0) is 37.1 Å². The minimum absolute atomic E-state index is 0. The molecule has 0 aliphatic heterocycles. The second-order valence-corrected chi connectivity index (χ2v) is 3.66. The molecule has 1 aromatic carbocycles. The van der Waals surface area contributed by atoms with Crippen molar-refractivity contribution in [2.24, 2.45) is 0 Å². The molecule has 0 bridgehead atoms. The molecule has 3 N–H and O–H groups in total. The first-order valence-electron chi connectivity index (χ1n) is 5.39. The summed E-state index contributed by atoms with van der Waals surface area (Å²) in [6, 6.07) is 7.14. The monoisotopic (exact) mass is 259 g/mol. The van der Waals surface area contributed by atoms with Crippen molar-refractivity contribution < 1.29 is 15.0 Å². The maximum atomic E-state index is 10.2. The molecule has 17 heavy (non-hydrogen) atoms. The Morgan fingerprint density at radius 1 is 1.18 bits per heavy atom. The predicted molar refractivity (Wildman–Crippen MR) is 68.8 cm³/mol. The summed E-state index contributed by atoms with van der Waals surface area (Å²) in [4.78, 5) is 10.2. The molecule has 0 spiro atoms. The van der Waals surface area contributed by atoms with Gasteiger partial charge in [-0.15, -0.1) is 12.4 Å². The number of hydrogen-bond donors (Lipinski definition) is 3. The summed E-state index contributed by atoms with van der Waals surface area (Å²) in [6.07, 6.45) is 2.06. The van der Waals surface area contributed by atoms with Crippen molar-refractivity contribution in [2.45, 2.75) is 19.3 Å². The van der Waals surface area contributed by atoms with E-state index in [2.05, 4.69) is 5.32 Å². The molecule has 0 saturated carbocycles. The van der Waals surface area contributed by atoms with Crippen LogP contribution < -0.4 is 5.32 Å². The number of carbonyl (C=O) groups is 1. The number of carboxylic acids is 1. The topological polar surface area (TPSA) is 69.6 Å². The van der Waals surface area contributed by atoms with Gasteiger partial charge in [0.15, 0.2) is 0 Å². The summed E-state index contributed by atoms with van der Waals surface area (Å²) in [7, 11) is 0. The van der Waals surface area contributed by atoms with E-state index in [1.165, 1.54) is 5.56 Å². The number of aromatic hydroxyl groups is 1. The summed E-state index contributed by atoms with van der Waals surface area (Å²) >= 11 is 0. The molecule has 0 heterocycles. The van der Waals surface area contributed by atoms with E-state index in [-0.39, 0.29) is 24.6 Å². The largest absolute Gasteiger partial charge is 0.508 e.